The third-order valence-electron chi connectivity index (χ3n) is 19.5. The average molecular weight is 1330 g/mol. The van der Waals surface area contributed by atoms with E-state index in [9.17, 15) is 0 Å². The fraction of sp³-hybridized carbons (Fsp3) is 0. The van der Waals surface area contributed by atoms with Crippen LogP contribution in [0.1, 0.15) is 0 Å². The molecule has 438 valence electrons. The Morgan fingerprint density at radius 3 is 0.777 bits per heavy atom. The summed E-state index contributed by atoms with van der Waals surface area (Å²) in [5.41, 5.74) is 30.0. The number of nitrogens with zero attached hydrogens (tertiary/aromatic N) is 5. The van der Waals surface area contributed by atoms with E-state index >= 15 is 0 Å². The molecule has 0 aromatic heterocycles. The van der Waals surface area contributed by atoms with Crippen LogP contribution in [0.5, 0.6) is 0 Å². The van der Waals surface area contributed by atoms with Crippen LogP contribution in [0, 0.1) is 0 Å². The van der Waals surface area contributed by atoms with Crippen molar-refractivity contribution in [3.8, 4) is 0 Å². The molecule has 0 saturated heterocycles. The van der Waals surface area contributed by atoms with Gasteiger partial charge in [0.2, 0.25) is 0 Å². The van der Waals surface area contributed by atoms with Gasteiger partial charge in [0.1, 0.15) is 0 Å². The van der Waals surface area contributed by atoms with Crippen molar-refractivity contribution in [2.45, 2.75) is 0 Å². The maximum atomic E-state index is 2.77. The molecule has 14 aromatic carbocycles. The molecule has 0 atom stereocenters. The summed E-state index contributed by atoms with van der Waals surface area (Å²) in [6.45, 7) is -0.271. The fourth-order valence-corrected chi connectivity index (χ4v) is 21.8. The van der Waals surface area contributed by atoms with Gasteiger partial charge in [-0.25, -0.2) is 0 Å². The molecule has 5 aliphatic rings. The molecular formula is C84H56B3N5Se2. The van der Waals surface area contributed by atoms with Crippen LogP contribution in [0.2, 0.25) is 0 Å². The van der Waals surface area contributed by atoms with E-state index in [-0.39, 0.29) is 50.1 Å². The Morgan fingerprint density at radius 1 is 0.213 bits per heavy atom. The molecule has 0 radical (unpaired) electrons. The zero-order valence-corrected chi connectivity index (χ0v) is 54.5. The van der Waals surface area contributed by atoms with Crippen LogP contribution in [0.3, 0.4) is 0 Å². The fourth-order valence-electron chi connectivity index (χ4n) is 15.8. The van der Waals surface area contributed by atoms with E-state index in [2.05, 4.69) is 364 Å². The molecule has 0 aliphatic carbocycles. The van der Waals surface area contributed by atoms with Gasteiger partial charge in [-0.15, -0.1) is 0 Å². The van der Waals surface area contributed by atoms with Crippen molar-refractivity contribution < 1.29 is 0 Å². The van der Waals surface area contributed by atoms with E-state index < -0.39 is 0 Å². The molecule has 19 rings (SSSR count). The maximum absolute atomic E-state index is 2.77. The van der Waals surface area contributed by atoms with Gasteiger partial charge in [0, 0.05) is 0 Å². The van der Waals surface area contributed by atoms with Crippen molar-refractivity contribution in [1.82, 2.24) is 0 Å². The first kappa shape index (κ1) is 55.0. The number of rotatable bonds is 10. The Bertz CT molecular complexity index is 4880. The minimum atomic E-state index is -0.209. The molecule has 5 nitrogen and oxygen atoms in total. The van der Waals surface area contributed by atoms with E-state index in [1.807, 2.05) is 0 Å². The van der Waals surface area contributed by atoms with Crippen LogP contribution in [-0.4, -0.2) is 50.1 Å². The third kappa shape index (κ3) is 8.72. The number of anilines is 15. The van der Waals surface area contributed by atoms with Gasteiger partial charge < -0.3 is 0 Å². The van der Waals surface area contributed by atoms with Crippen LogP contribution in [0.25, 0.3) is 0 Å². The molecule has 0 fully saturated rings. The van der Waals surface area contributed by atoms with E-state index in [1.54, 1.807) is 0 Å². The van der Waals surface area contributed by atoms with Crippen molar-refractivity contribution in [3.63, 3.8) is 0 Å². The Balaban J connectivity index is 0.941. The quantitative estimate of drug-likeness (QED) is 0.127. The molecule has 14 aromatic rings. The van der Waals surface area contributed by atoms with E-state index in [1.165, 1.54) is 101 Å². The second-order valence-corrected chi connectivity index (χ2v) is 29.1. The summed E-state index contributed by atoms with van der Waals surface area (Å²) in [6.07, 6.45) is 0. The van der Waals surface area contributed by atoms with E-state index in [0.29, 0.717) is 0 Å². The van der Waals surface area contributed by atoms with Crippen molar-refractivity contribution in [3.05, 3.63) is 340 Å². The van der Waals surface area contributed by atoms with Crippen molar-refractivity contribution in [2.75, 3.05) is 24.5 Å². The standard InChI is InChI=1S/C84H56B3N5Se2/c1-8-30-57(31-9-1)88(58-32-10-2-11-33-58)64-52-76-80-78(54-64)93-83-70(86(80)68-46-24-28-50-74(68)91(76)62-40-18-6-19-41-62)56-71-84(82(83)85-66-44-22-26-48-72(66)90(61-38-16-5-17-39-61)73-49-27-23-45-67(73)85)94-79-55-65(89(59-34-12-3-13-35-59)60-36-14-4-15-37-60)53-77-81(79)87(71)69-47-25-29-51-75(69)92(77)63-42-20-7-21-43-63/h1-56H. The van der Waals surface area contributed by atoms with Gasteiger partial charge >= 0.3 is 567 Å². The van der Waals surface area contributed by atoms with Crippen molar-refractivity contribution in [2.24, 2.45) is 0 Å². The molecule has 0 amide bonds. The van der Waals surface area contributed by atoms with E-state index in [4.69, 9.17) is 0 Å². The molecule has 0 unspecified atom stereocenters. The molecule has 10 heteroatoms. The monoisotopic (exact) mass is 1330 g/mol. The van der Waals surface area contributed by atoms with Gasteiger partial charge in [-0.1, -0.05) is 0 Å². The molecule has 5 aliphatic heterocycles. The number of hydrogen-bond acceptors (Lipinski definition) is 5. The first-order valence-corrected chi connectivity index (χ1v) is 35.8. The molecule has 5 heterocycles. The topological polar surface area (TPSA) is 16.2 Å². The number of hydrogen-bond donors (Lipinski definition) is 0. The second-order valence-electron chi connectivity index (χ2n) is 24.6. The first-order valence-electron chi connectivity index (χ1n) is 32.3. The molecule has 94 heavy (non-hydrogen) atoms. The normalized spacial score (nSPS) is 13.3. The summed E-state index contributed by atoms with van der Waals surface area (Å²) in [7, 11) is 0. The zero-order chi connectivity index (χ0) is 61.8. The predicted molar refractivity (Wildman–Crippen MR) is 403 cm³/mol. The Labute approximate surface area is 562 Å². The molecule has 0 N–H and O–H groups in total. The summed E-state index contributed by atoms with van der Waals surface area (Å²) in [4.78, 5) is 12.6. The van der Waals surface area contributed by atoms with Gasteiger partial charge in [-0.2, -0.15) is 0 Å². The predicted octanol–water partition coefficient (Wildman–Crippen LogP) is 11.5. The van der Waals surface area contributed by atoms with Crippen LogP contribution in [0.15, 0.2) is 340 Å². The molecule has 0 saturated carbocycles. The van der Waals surface area contributed by atoms with Crippen LogP contribution in [-0.2, 0) is 0 Å². The number of para-hydroxylation sites is 11. The summed E-state index contributed by atoms with van der Waals surface area (Å²) in [5.74, 6) is 0. The van der Waals surface area contributed by atoms with Gasteiger partial charge in [0.15, 0.2) is 0 Å². The third-order valence-corrected chi connectivity index (χ3v) is 24.6. The van der Waals surface area contributed by atoms with Gasteiger partial charge in [-0.05, 0) is 0 Å². The SMILES string of the molecule is c1ccc(N(c2ccccc2)c2cc3c4c(c2)N(c2ccccc2)c2ccccc2B4c2cc4c(c(B5c6ccccc6N(c6ccccc6)c6ccccc65)c2[Se]3)[Se]c2cc(N(c3ccccc3)c3ccccc3)cc3c2B4c2ccccc2N3c2ccccc2)cc1. The van der Waals surface area contributed by atoms with Gasteiger partial charge in [0.05, 0.1) is 0 Å². The Kier molecular flexibility index (Phi) is 13.2. The summed E-state index contributed by atoms with van der Waals surface area (Å²) in [6, 6.07) is 127. The first-order chi connectivity index (χ1) is 46.7. The number of benzene rings is 14. The van der Waals surface area contributed by atoms with Gasteiger partial charge in [-0.3, -0.25) is 0 Å². The van der Waals surface area contributed by atoms with Crippen molar-refractivity contribution >= 4 is 202 Å². The summed E-state index contributed by atoms with van der Waals surface area (Å²) < 4.78 is 5.81. The van der Waals surface area contributed by atoms with Gasteiger partial charge in [0.25, 0.3) is 0 Å². The van der Waals surface area contributed by atoms with Crippen LogP contribution < -0.4 is 91.5 Å². The van der Waals surface area contributed by atoms with Crippen LogP contribution >= 0.6 is 0 Å². The Hall–Kier alpha value is -10.7. The second kappa shape index (κ2) is 22.6. The minimum absolute atomic E-state index is 0.0811. The Morgan fingerprint density at radius 2 is 0.468 bits per heavy atom. The van der Waals surface area contributed by atoms with E-state index in [0.717, 1.165) is 51.2 Å². The summed E-state index contributed by atoms with van der Waals surface area (Å²) in [5, 5.41) is 0. The average Bonchev–Trinajstić information content (AvgIpc) is 0.686. The number of fused-ring (bicyclic) bond motifs is 10. The van der Waals surface area contributed by atoms with Crippen LogP contribution in [0.4, 0.5) is 85.3 Å². The molecule has 0 spiro atoms. The van der Waals surface area contributed by atoms with Crippen molar-refractivity contribution in [1.29, 1.82) is 0 Å². The zero-order valence-electron chi connectivity index (χ0n) is 51.1. The summed E-state index contributed by atoms with van der Waals surface area (Å²) >= 11 is -0.417. The molecular weight excluding hydrogens is 1270 g/mol. The molecule has 0 bridgehead atoms.